The van der Waals surface area contributed by atoms with Crippen LogP contribution in [0.2, 0.25) is 0 Å². The van der Waals surface area contributed by atoms with E-state index in [0.29, 0.717) is 5.69 Å². The third kappa shape index (κ3) is 7.44. The molecule has 1 saturated carbocycles. The smallest absolute Gasteiger partial charge is 0.411 e. The molecule has 1 aromatic carbocycles. The molecule has 41 heavy (non-hydrogen) atoms. The van der Waals surface area contributed by atoms with Gasteiger partial charge in [0.25, 0.3) is 5.91 Å². The van der Waals surface area contributed by atoms with Gasteiger partial charge in [0.15, 0.2) is 6.04 Å². The summed E-state index contributed by atoms with van der Waals surface area (Å²) in [7, 11) is 0. The van der Waals surface area contributed by atoms with Gasteiger partial charge in [-0.1, -0.05) is 57.4 Å². The number of amides is 3. The quantitative estimate of drug-likeness (QED) is 0.478. The molecule has 3 amide bonds. The number of aromatic nitrogens is 3. The summed E-state index contributed by atoms with van der Waals surface area (Å²) in [5.74, 6) is -0.885. The van der Waals surface area contributed by atoms with Crippen molar-refractivity contribution in [2.75, 3.05) is 11.4 Å². The van der Waals surface area contributed by atoms with Gasteiger partial charge in [-0.05, 0) is 56.7 Å². The first-order valence-corrected chi connectivity index (χ1v) is 14.5. The summed E-state index contributed by atoms with van der Waals surface area (Å²) in [5.41, 5.74) is 0.892. The van der Waals surface area contributed by atoms with Crippen LogP contribution < -0.4 is 10.2 Å². The Morgan fingerprint density at radius 1 is 1.07 bits per heavy atom. The first-order chi connectivity index (χ1) is 19.2. The number of β-amino-alcohol motifs (C(OH)–C–C–N with tert-alkyl or cyclic N) is 1. The highest BCUT2D eigenvalue weighted by atomic mass is 16.6. The molecular weight excluding hydrogens is 524 g/mol. The predicted octanol–water partition coefficient (Wildman–Crippen LogP) is 4.00. The van der Waals surface area contributed by atoms with E-state index >= 15 is 0 Å². The number of aromatic amines is 1. The maximum absolute atomic E-state index is 14.5. The lowest BCUT2D eigenvalue weighted by Gasteiger charge is -2.36. The molecule has 0 radical (unpaired) electrons. The zero-order chi connectivity index (χ0) is 29.9. The van der Waals surface area contributed by atoms with Crippen LogP contribution in [0.25, 0.3) is 0 Å². The lowest BCUT2D eigenvalue weighted by atomic mass is 9.87. The van der Waals surface area contributed by atoms with E-state index in [1.165, 1.54) is 16.0 Å². The number of ether oxygens (including phenoxy) is 1. The fourth-order valence-electron chi connectivity index (χ4n) is 5.51. The van der Waals surface area contributed by atoms with Crippen LogP contribution in [0, 0.1) is 0 Å². The Morgan fingerprint density at radius 2 is 1.73 bits per heavy atom. The molecule has 0 bridgehead atoms. The summed E-state index contributed by atoms with van der Waals surface area (Å²) in [4.78, 5) is 44.3. The minimum Gasteiger partial charge on any atom is -0.444 e. The van der Waals surface area contributed by atoms with E-state index in [1.54, 1.807) is 20.8 Å². The zero-order valence-corrected chi connectivity index (χ0v) is 25.0. The fourth-order valence-corrected chi connectivity index (χ4v) is 5.51. The molecule has 11 nitrogen and oxygen atoms in total. The van der Waals surface area contributed by atoms with Crippen molar-refractivity contribution in [1.82, 2.24) is 25.6 Å². The molecule has 2 fully saturated rings. The third-order valence-corrected chi connectivity index (χ3v) is 7.61. The van der Waals surface area contributed by atoms with Gasteiger partial charge in [0, 0.05) is 24.3 Å². The topological polar surface area (TPSA) is 141 Å². The minimum atomic E-state index is -1.15. The molecule has 3 N–H and O–H groups in total. The van der Waals surface area contributed by atoms with E-state index in [1.807, 2.05) is 24.3 Å². The molecule has 1 aliphatic carbocycles. The Bertz CT molecular complexity index is 1200. The average molecular weight is 569 g/mol. The van der Waals surface area contributed by atoms with Crippen molar-refractivity contribution in [2.45, 2.75) is 115 Å². The minimum absolute atomic E-state index is 0.00238. The number of nitrogens with one attached hydrogen (secondary N) is 2. The first-order valence-electron chi connectivity index (χ1n) is 14.5. The highest BCUT2D eigenvalue weighted by molar-refractivity contribution is 6.04. The van der Waals surface area contributed by atoms with E-state index in [9.17, 15) is 19.5 Å². The van der Waals surface area contributed by atoms with Gasteiger partial charge in [-0.2, -0.15) is 0 Å². The van der Waals surface area contributed by atoms with Gasteiger partial charge in [-0.3, -0.25) is 24.5 Å². The average Bonchev–Trinajstić information content (AvgIpc) is 3.56. The second-order valence-corrected chi connectivity index (χ2v) is 13.2. The molecule has 1 unspecified atom stereocenters. The monoisotopic (exact) mass is 568 g/mol. The third-order valence-electron chi connectivity index (χ3n) is 7.61. The van der Waals surface area contributed by atoms with Gasteiger partial charge in [-0.25, -0.2) is 4.79 Å². The van der Waals surface area contributed by atoms with Crippen LogP contribution in [0.1, 0.15) is 97.4 Å². The lowest BCUT2D eigenvalue weighted by molar-refractivity contribution is -0.129. The van der Waals surface area contributed by atoms with Crippen LogP contribution >= 0.6 is 0 Å². The van der Waals surface area contributed by atoms with Gasteiger partial charge in [0.2, 0.25) is 5.91 Å². The SMILES string of the molecule is CC(C)(C)OC(=O)N1C[C@H](O)C[C@@H]1C(=O)N(c1ccc(C(C)(C)C)cc1)C(C(=O)NC1CCCCC1)c1c[nH]nn1. The molecule has 1 saturated heterocycles. The van der Waals surface area contributed by atoms with Crippen molar-refractivity contribution in [3.05, 3.63) is 41.7 Å². The van der Waals surface area contributed by atoms with E-state index in [2.05, 4.69) is 41.5 Å². The van der Waals surface area contributed by atoms with Gasteiger partial charge in [0.1, 0.15) is 17.3 Å². The van der Waals surface area contributed by atoms with Crippen LogP contribution in [-0.2, 0) is 19.7 Å². The second kappa shape index (κ2) is 12.2. The zero-order valence-electron chi connectivity index (χ0n) is 25.0. The largest absolute Gasteiger partial charge is 0.444 e. The van der Waals surface area contributed by atoms with Gasteiger partial charge in [0.05, 0.1) is 12.6 Å². The summed E-state index contributed by atoms with van der Waals surface area (Å²) in [6.07, 6.45) is 4.84. The number of likely N-dealkylation sites (tertiary alicyclic amines) is 1. The van der Waals surface area contributed by atoms with E-state index in [-0.39, 0.29) is 36.0 Å². The second-order valence-electron chi connectivity index (χ2n) is 13.2. The predicted molar refractivity (Wildman–Crippen MR) is 154 cm³/mol. The van der Waals surface area contributed by atoms with Gasteiger partial charge >= 0.3 is 6.09 Å². The van der Waals surface area contributed by atoms with Crippen LogP contribution in [-0.4, -0.2) is 73.7 Å². The number of aliphatic hydroxyl groups is 1. The Hall–Kier alpha value is -3.47. The van der Waals surface area contributed by atoms with Crippen LogP contribution in [0.4, 0.5) is 10.5 Å². The van der Waals surface area contributed by atoms with Gasteiger partial charge in [-0.15, -0.1) is 5.10 Å². The van der Waals surface area contributed by atoms with Crippen molar-refractivity contribution in [3.63, 3.8) is 0 Å². The number of aliphatic hydroxyl groups excluding tert-OH is 1. The number of benzene rings is 1. The molecule has 4 rings (SSSR count). The maximum atomic E-state index is 14.5. The van der Waals surface area contributed by atoms with E-state index in [4.69, 9.17) is 4.74 Å². The number of nitrogens with zero attached hydrogens (tertiary/aromatic N) is 4. The van der Waals surface area contributed by atoms with Crippen molar-refractivity contribution in [3.8, 4) is 0 Å². The molecule has 2 heterocycles. The Labute approximate surface area is 242 Å². The lowest BCUT2D eigenvalue weighted by Crippen LogP contribution is -2.53. The Kier molecular flexibility index (Phi) is 9.06. The van der Waals surface area contributed by atoms with Crippen LogP contribution in [0.3, 0.4) is 0 Å². The summed E-state index contributed by atoms with van der Waals surface area (Å²) in [6, 6.07) is 5.29. The molecular formula is C30H44N6O5. The Balaban J connectivity index is 1.76. The first kappa shape index (κ1) is 30.5. The molecule has 2 aliphatic rings. The maximum Gasteiger partial charge on any atom is 0.411 e. The number of hydrogen-bond donors (Lipinski definition) is 3. The van der Waals surface area contributed by atoms with Crippen LogP contribution in [0.15, 0.2) is 30.5 Å². The number of rotatable bonds is 6. The number of anilines is 1. The van der Waals surface area contributed by atoms with Gasteiger partial charge < -0.3 is 15.2 Å². The summed E-state index contributed by atoms with van der Waals surface area (Å²) >= 11 is 0. The summed E-state index contributed by atoms with van der Waals surface area (Å²) in [6.45, 7) is 11.5. The van der Waals surface area contributed by atoms with Crippen LogP contribution in [0.5, 0.6) is 0 Å². The standard InChI is InChI=1S/C30H44N6O5/c1-29(2,3)19-12-14-21(15-13-19)36(27(39)24-16-22(37)18-35(24)28(40)41-30(4,5)6)25(23-17-31-34-33-23)26(38)32-20-10-8-7-9-11-20/h12-15,17,20,22,24-25,37H,7-11,16,18H2,1-6H3,(H,32,38)(H,31,33,34)/t22-,24-,25?/m1/s1. The number of hydrogen-bond acceptors (Lipinski definition) is 7. The molecule has 1 aliphatic heterocycles. The molecule has 2 aromatic rings. The highest BCUT2D eigenvalue weighted by Crippen LogP contribution is 2.33. The van der Waals surface area contributed by atoms with E-state index < -0.39 is 35.8 Å². The normalized spacial score (nSPS) is 20.9. The molecule has 1 aromatic heterocycles. The summed E-state index contributed by atoms with van der Waals surface area (Å²) in [5, 5.41) is 24.4. The van der Waals surface area contributed by atoms with Crippen molar-refractivity contribution in [1.29, 1.82) is 0 Å². The summed E-state index contributed by atoms with van der Waals surface area (Å²) < 4.78 is 5.57. The molecule has 3 atom stereocenters. The highest BCUT2D eigenvalue weighted by Gasteiger charge is 2.46. The van der Waals surface area contributed by atoms with Crippen molar-refractivity contribution >= 4 is 23.6 Å². The van der Waals surface area contributed by atoms with Crippen molar-refractivity contribution in [2.24, 2.45) is 0 Å². The fraction of sp³-hybridized carbons (Fsp3) is 0.633. The van der Waals surface area contributed by atoms with Crippen molar-refractivity contribution < 1.29 is 24.2 Å². The molecule has 224 valence electrons. The molecule has 0 spiro atoms. The molecule has 11 heteroatoms. The Morgan fingerprint density at radius 3 is 2.29 bits per heavy atom. The van der Waals surface area contributed by atoms with E-state index in [0.717, 1.165) is 37.7 Å². The number of H-pyrrole nitrogens is 1. The number of carbonyl (C=O) groups excluding carboxylic acids is 3. The number of carbonyl (C=O) groups is 3.